The van der Waals surface area contributed by atoms with E-state index in [4.69, 9.17) is 0 Å². The summed E-state index contributed by atoms with van der Waals surface area (Å²) in [7, 11) is 0. The molecule has 164 valence electrons. The zero-order valence-electron chi connectivity index (χ0n) is 11.9. The van der Waals surface area contributed by atoms with E-state index in [0.717, 1.165) is 0 Å². The largest absolute Gasteiger partial charge is 0.384 e. The molecule has 0 amide bonds. The molecule has 0 nitrogen and oxygen atoms in total. The van der Waals surface area contributed by atoms with Gasteiger partial charge in [0.2, 0.25) is 0 Å². The van der Waals surface area contributed by atoms with Crippen LogP contribution in [0, 0.1) is 0 Å². The summed E-state index contributed by atoms with van der Waals surface area (Å²) in [5.41, 5.74) is 0. The third-order valence-electron chi connectivity index (χ3n) is 3.14. The molecule has 0 radical (unpaired) electrons. The van der Waals surface area contributed by atoms with Crippen LogP contribution in [0.4, 0.5) is 74.6 Å². The zero-order valence-corrected chi connectivity index (χ0v) is 11.9. The van der Waals surface area contributed by atoms with E-state index in [0.29, 0.717) is 0 Å². The van der Waals surface area contributed by atoms with E-state index in [9.17, 15) is 74.6 Å². The van der Waals surface area contributed by atoms with Crippen molar-refractivity contribution < 1.29 is 74.6 Å². The van der Waals surface area contributed by atoms with Gasteiger partial charge in [-0.1, -0.05) is 0 Å². The van der Waals surface area contributed by atoms with Gasteiger partial charge >= 0.3 is 47.9 Å². The first-order chi connectivity index (χ1) is 11.5. The van der Waals surface area contributed by atoms with Crippen LogP contribution in [-0.2, 0) is 0 Å². The molecule has 0 N–H and O–H groups in total. The molecule has 0 bridgehead atoms. The predicted octanol–water partition coefficient (Wildman–Crippen LogP) is 6.06. The highest BCUT2D eigenvalue weighted by Crippen LogP contribution is 2.63. The summed E-state index contributed by atoms with van der Waals surface area (Å²) in [6.45, 7) is -2.61. The maximum atomic E-state index is 13.1. The number of hydrogen-bond donors (Lipinski definition) is 0. The van der Waals surface area contributed by atoms with Crippen molar-refractivity contribution in [3.63, 3.8) is 0 Å². The minimum atomic E-state index is -8.43. The molecule has 0 rings (SSSR count). The summed E-state index contributed by atoms with van der Waals surface area (Å²) >= 11 is 0. The molecule has 0 aliphatic heterocycles. The van der Waals surface area contributed by atoms with Crippen LogP contribution in [0.2, 0.25) is 0 Å². The van der Waals surface area contributed by atoms with Gasteiger partial charge in [0, 0.05) is 6.42 Å². The molecule has 0 saturated carbocycles. The number of rotatable bonds is 9. The van der Waals surface area contributed by atoms with Crippen LogP contribution >= 0.6 is 0 Å². The minimum Gasteiger partial charge on any atom is -0.251 e. The highest BCUT2D eigenvalue weighted by Gasteiger charge is 2.93. The second kappa shape index (κ2) is 6.70. The predicted molar refractivity (Wildman–Crippen MR) is 51.2 cm³/mol. The lowest BCUT2D eigenvalue weighted by Crippen LogP contribution is -2.73. The molecule has 0 aliphatic carbocycles. The van der Waals surface area contributed by atoms with Crippen molar-refractivity contribution >= 4 is 0 Å². The average molecular weight is 448 g/mol. The van der Waals surface area contributed by atoms with E-state index in [1.54, 1.807) is 0 Å². The van der Waals surface area contributed by atoms with Crippen LogP contribution in [0.3, 0.4) is 0 Å². The summed E-state index contributed by atoms with van der Waals surface area (Å²) < 4.78 is 215. The Balaban J connectivity index is 6.53. The molecule has 17 heteroatoms. The molecular weight excluding hydrogens is 443 g/mol. The highest BCUT2D eigenvalue weighted by atomic mass is 19.4. The normalized spacial score (nSPS) is 16.2. The summed E-state index contributed by atoms with van der Waals surface area (Å²) in [6.07, 6.45) is -8.86. The second-order valence-electron chi connectivity index (χ2n) is 4.94. The fourth-order valence-corrected chi connectivity index (χ4v) is 1.44. The molecule has 0 unspecified atom stereocenters. The van der Waals surface area contributed by atoms with Gasteiger partial charge in [-0.25, -0.2) is 8.78 Å². The molecule has 0 aliphatic rings. The van der Waals surface area contributed by atoms with Gasteiger partial charge in [-0.3, -0.25) is 4.39 Å². The lowest BCUT2D eigenvalue weighted by Gasteiger charge is -2.42. The van der Waals surface area contributed by atoms with E-state index < -0.39 is 61.0 Å². The van der Waals surface area contributed by atoms with Gasteiger partial charge in [0.15, 0.2) is 0 Å². The van der Waals surface area contributed by atoms with Gasteiger partial charge in [0.1, 0.15) is 0 Å². The lowest BCUT2D eigenvalue weighted by molar-refractivity contribution is -0.447. The van der Waals surface area contributed by atoms with Gasteiger partial charge in [0.05, 0.1) is 6.67 Å². The van der Waals surface area contributed by atoms with Gasteiger partial charge in [0.25, 0.3) is 0 Å². The Morgan fingerprint density at radius 3 is 1.07 bits per heavy atom. The Kier molecular flexibility index (Phi) is 6.41. The average Bonchev–Trinajstić information content (AvgIpc) is 2.45. The molecule has 0 atom stereocenters. The molecule has 0 aromatic heterocycles. The topological polar surface area (TPSA) is 0 Å². The third kappa shape index (κ3) is 3.27. The monoisotopic (exact) mass is 448 g/mol. The van der Waals surface area contributed by atoms with Crippen LogP contribution in [-0.4, -0.2) is 54.6 Å². The third-order valence-corrected chi connectivity index (χ3v) is 3.14. The Bertz CT molecular complexity index is 518. The first-order valence-electron chi connectivity index (χ1n) is 5.99. The second-order valence-corrected chi connectivity index (χ2v) is 4.94. The Morgan fingerprint density at radius 1 is 0.481 bits per heavy atom. The zero-order chi connectivity index (χ0) is 22.5. The maximum absolute atomic E-state index is 13.1. The maximum Gasteiger partial charge on any atom is 0.384 e. The van der Waals surface area contributed by atoms with E-state index in [1.165, 1.54) is 0 Å². The van der Waals surface area contributed by atoms with E-state index in [1.807, 2.05) is 0 Å². The highest BCUT2D eigenvalue weighted by molar-refractivity contribution is 5.14. The summed E-state index contributed by atoms with van der Waals surface area (Å²) in [5.74, 6) is -54.8. The van der Waals surface area contributed by atoms with Crippen LogP contribution in [0.5, 0.6) is 0 Å². The summed E-state index contributed by atoms with van der Waals surface area (Å²) in [4.78, 5) is 0. The van der Waals surface area contributed by atoms with Gasteiger partial charge in [-0.2, -0.15) is 61.5 Å². The van der Waals surface area contributed by atoms with Gasteiger partial charge in [-0.05, 0) is 0 Å². The van der Waals surface area contributed by atoms with E-state index in [2.05, 4.69) is 0 Å². The Labute approximate surface area is 137 Å². The SMILES string of the molecule is FCCC(F)(F)C(F)(F)C(F)(F)C(F)(F)C(F)(F)C(F)(F)C(F)(F)C(F)F. The van der Waals surface area contributed by atoms with Gasteiger partial charge in [-0.15, -0.1) is 0 Å². The van der Waals surface area contributed by atoms with Crippen molar-refractivity contribution in [3.8, 4) is 0 Å². The molecule has 0 spiro atoms. The van der Waals surface area contributed by atoms with Crippen LogP contribution in [0.15, 0.2) is 0 Å². The molecular formula is C10H5F17. The van der Waals surface area contributed by atoms with Crippen LogP contribution in [0.1, 0.15) is 6.42 Å². The van der Waals surface area contributed by atoms with Crippen molar-refractivity contribution in [3.05, 3.63) is 0 Å². The van der Waals surface area contributed by atoms with Crippen molar-refractivity contribution in [2.24, 2.45) is 0 Å². The van der Waals surface area contributed by atoms with E-state index >= 15 is 0 Å². The van der Waals surface area contributed by atoms with E-state index in [-0.39, 0.29) is 0 Å². The van der Waals surface area contributed by atoms with Crippen LogP contribution in [0.25, 0.3) is 0 Å². The fraction of sp³-hybridized carbons (Fsp3) is 1.00. The molecule has 27 heavy (non-hydrogen) atoms. The first kappa shape index (κ1) is 25.8. The number of alkyl halides is 17. The van der Waals surface area contributed by atoms with Crippen molar-refractivity contribution in [2.75, 3.05) is 6.67 Å². The van der Waals surface area contributed by atoms with Gasteiger partial charge < -0.3 is 0 Å². The molecule has 0 saturated heterocycles. The number of hydrogen-bond acceptors (Lipinski definition) is 0. The Morgan fingerprint density at radius 2 is 0.778 bits per heavy atom. The van der Waals surface area contributed by atoms with Crippen molar-refractivity contribution in [2.45, 2.75) is 54.3 Å². The fourth-order valence-electron chi connectivity index (χ4n) is 1.44. The molecule has 0 aromatic rings. The first-order valence-corrected chi connectivity index (χ1v) is 5.99. The summed E-state index contributed by atoms with van der Waals surface area (Å²) in [6, 6.07) is 0. The van der Waals surface area contributed by atoms with Crippen molar-refractivity contribution in [1.29, 1.82) is 0 Å². The molecule has 0 heterocycles. The standard InChI is InChI=1S/C10H5F17/c11-2-1-4(14,15)6(18,19)8(22,23)10(26,27)9(24,25)7(20,21)5(16,17)3(12)13/h3H,1-2H2. The van der Waals surface area contributed by atoms with Crippen molar-refractivity contribution in [1.82, 2.24) is 0 Å². The molecule has 0 fully saturated rings. The summed E-state index contributed by atoms with van der Waals surface area (Å²) in [5, 5.41) is 0. The lowest BCUT2D eigenvalue weighted by atomic mass is 9.88. The number of halogens is 17. The minimum absolute atomic E-state index is 2.61. The quantitative estimate of drug-likeness (QED) is 0.377. The smallest absolute Gasteiger partial charge is 0.251 e. The van der Waals surface area contributed by atoms with Crippen LogP contribution < -0.4 is 0 Å². The molecule has 0 aromatic carbocycles. The Hall–Kier alpha value is -1.19.